The summed E-state index contributed by atoms with van der Waals surface area (Å²) in [4.78, 5) is 64.1. The van der Waals surface area contributed by atoms with E-state index in [4.69, 9.17) is 4.74 Å². The summed E-state index contributed by atoms with van der Waals surface area (Å²) in [6, 6.07) is 17.4. The van der Waals surface area contributed by atoms with Gasteiger partial charge in [-0.1, -0.05) is 35.9 Å². The first-order valence-corrected chi connectivity index (χ1v) is 11.4. The molecule has 4 rings (SSSR count). The van der Waals surface area contributed by atoms with Crippen LogP contribution < -0.4 is 9.64 Å². The average Bonchev–Trinajstić information content (AvgIpc) is 3.17. The zero-order chi connectivity index (χ0) is 26.7. The van der Waals surface area contributed by atoms with Gasteiger partial charge in [0.05, 0.1) is 17.0 Å². The van der Waals surface area contributed by atoms with E-state index in [1.165, 1.54) is 54.3 Å². The van der Waals surface area contributed by atoms with E-state index in [1.807, 2.05) is 31.2 Å². The fraction of sp³-hybridized carbons (Fsp3) is 0.185. The van der Waals surface area contributed by atoms with Crippen molar-refractivity contribution in [1.82, 2.24) is 4.90 Å². The Balaban J connectivity index is 1.67. The van der Waals surface area contributed by atoms with Crippen molar-refractivity contribution in [3.05, 3.63) is 99.6 Å². The zero-order valence-corrected chi connectivity index (χ0v) is 20.1. The highest BCUT2D eigenvalue weighted by atomic mass is 16.6. The summed E-state index contributed by atoms with van der Waals surface area (Å²) in [5.74, 6) is -1.96. The number of amides is 3. The molecule has 10 nitrogen and oxygen atoms in total. The van der Waals surface area contributed by atoms with Gasteiger partial charge in [0.1, 0.15) is 11.8 Å². The summed E-state index contributed by atoms with van der Waals surface area (Å²) >= 11 is 0. The van der Waals surface area contributed by atoms with Crippen LogP contribution in [0, 0.1) is 17.0 Å². The van der Waals surface area contributed by atoms with Crippen molar-refractivity contribution >= 4 is 35.1 Å². The van der Waals surface area contributed by atoms with Gasteiger partial charge in [-0.25, -0.2) is 4.90 Å². The Morgan fingerprint density at radius 2 is 1.73 bits per heavy atom. The van der Waals surface area contributed by atoms with Crippen molar-refractivity contribution in [1.29, 1.82) is 0 Å². The van der Waals surface area contributed by atoms with Gasteiger partial charge in [-0.3, -0.25) is 29.3 Å². The number of ether oxygens (including phenoxy) is 1. The molecule has 1 fully saturated rings. The number of anilines is 1. The second kappa shape index (κ2) is 10.4. The standard InChI is InChI=1S/C27H23N3O7/c1-17-6-8-19(9-7-17)16-28(26(33)20-4-3-5-22(14-20)30(35)36)24-15-25(32)29(27(24)34)21-10-12-23(13-11-21)37-18(2)31/h3-14,24H,15-16H2,1-2H3. The minimum atomic E-state index is -1.12. The first kappa shape index (κ1) is 25.2. The SMILES string of the molecule is CC(=O)Oc1ccc(N2C(=O)CC(N(Cc3ccc(C)cc3)C(=O)c3cccc([N+](=O)[O-])c3)C2=O)cc1. The molecule has 3 aromatic carbocycles. The fourth-order valence-electron chi connectivity index (χ4n) is 4.09. The number of hydrogen-bond acceptors (Lipinski definition) is 7. The molecule has 1 aliphatic heterocycles. The molecule has 0 spiro atoms. The Morgan fingerprint density at radius 3 is 2.35 bits per heavy atom. The molecule has 0 N–H and O–H groups in total. The van der Waals surface area contributed by atoms with Gasteiger partial charge in [0.15, 0.2) is 0 Å². The van der Waals surface area contributed by atoms with E-state index in [2.05, 4.69) is 0 Å². The quantitative estimate of drug-likeness (QED) is 0.158. The van der Waals surface area contributed by atoms with Crippen molar-refractivity contribution in [3.8, 4) is 5.75 Å². The molecule has 3 aromatic rings. The Hall–Kier alpha value is -4.86. The first-order valence-electron chi connectivity index (χ1n) is 11.4. The van der Waals surface area contributed by atoms with E-state index >= 15 is 0 Å². The third kappa shape index (κ3) is 5.53. The van der Waals surface area contributed by atoms with Crippen molar-refractivity contribution in [3.63, 3.8) is 0 Å². The molecular weight excluding hydrogens is 478 g/mol. The van der Waals surface area contributed by atoms with Gasteiger partial charge in [-0.05, 0) is 42.8 Å². The van der Waals surface area contributed by atoms with E-state index in [-0.39, 0.29) is 35.7 Å². The molecule has 10 heteroatoms. The van der Waals surface area contributed by atoms with E-state index in [9.17, 15) is 29.3 Å². The van der Waals surface area contributed by atoms with Crippen molar-refractivity contribution in [2.45, 2.75) is 32.9 Å². The van der Waals surface area contributed by atoms with Crippen LogP contribution in [-0.4, -0.2) is 39.6 Å². The predicted octanol–water partition coefficient (Wildman–Crippen LogP) is 3.80. The normalized spacial score (nSPS) is 15.0. The maximum Gasteiger partial charge on any atom is 0.308 e. The minimum absolute atomic E-state index is 0.0186. The number of nitro groups is 1. The molecule has 0 aliphatic carbocycles. The number of carbonyl (C=O) groups excluding carboxylic acids is 4. The summed E-state index contributed by atoms with van der Waals surface area (Å²) in [6.45, 7) is 3.19. The maximum absolute atomic E-state index is 13.6. The lowest BCUT2D eigenvalue weighted by Gasteiger charge is -2.28. The van der Waals surface area contributed by atoms with E-state index < -0.39 is 34.7 Å². The summed E-state index contributed by atoms with van der Waals surface area (Å²) in [5, 5.41) is 11.3. The topological polar surface area (TPSA) is 127 Å². The van der Waals surface area contributed by atoms with Crippen LogP contribution in [0.4, 0.5) is 11.4 Å². The van der Waals surface area contributed by atoms with Gasteiger partial charge in [0.2, 0.25) is 5.91 Å². The lowest BCUT2D eigenvalue weighted by atomic mass is 10.1. The Morgan fingerprint density at radius 1 is 1.05 bits per heavy atom. The first-order chi connectivity index (χ1) is 17.6. The number of nitro benzene ring substituents is 1. The van der Waals surface area contributed by atoms with Gasteiger partial charge in [0, 0.05) is 31.2 Å². The molecule has 0 bridgehead atoms. The van der Waals surface area contributed by atoms with Crippen molar-refractivity contribution in [2.75, 3.05) is 4.90 Å². The Bertz CT molecular complexity index is 1380. The van der Waals surface area contributed by atoms with Gasteiger partial charge >= 0.3 is 5.97 Å². The van der Waals surface area contributed by atoms with Crippen LogP contribution in [0.1, 0.15) is 34.8 Å². The van der Waals surface area contributed by atoms with Gasteiger partial charge in [-0.15, -0.1) is 0 Å². The molecule has 37 heavy (non-hydrogen) atoms. The number of imide groups is 1. The second-order valence-corrected chi connectivity index (χ2v) is 8.60. The molecule has 0 saturated carbocycles. The van der Waals surface area contributed by atoms with E-state index in [0.29, 0.717) is 0 Å². The molecule has 1 heterocycles. The molecule has 1 saturated heterocycles. The van der Waals surface area contributed by atoms with Crippen LogP contribution in [0.2, 0.25) is 0 Å². The van der Waals surface area contributed by atoms with E-state index in [1.54, 1.807) is 0 Å². The number of non-ortho nitro benzene ring substituents is 1. The van der Waals surface area contributed by atoms with Gasteiger partial charge < -0.3 is 9.64 Å². The highest BCUT2D eigenvalue weighted by Gasteiger charge is 2.44. The average molecular weight is 501 g/mol. The number of rotatable bonds is 7. The van der Waals surface area contributed by atoms with Gasteiger partial charge in [-0.2, -0.15) is 0 Å². The number of aryl methyl sites for hydroxylation is 1. The summed E-state index contributed by atoms with van der Waals surface area (Å²) in [7, 11) is 0. The van der Waals surface area contributed by atoms with Crippen LogP contribution in [0.5, 0.6) is 5.75 Å². The summed E-state index contributed by atoms with van der Waals surface area (Å²) in [6.07, 6.45) is -0.253. The third-order valence-electron chi connectivity index (χ3n) is 5.89. The van der Waals surface area contributed by atoms with Crippen LogP contribution in [0.15, 0.2) is 72.8 Å². The largest absolute Gasteiger partial charge is 0.427 e. The van der Waals surface area contributed by atoms with Crippen LogP contribution >= 0.6 is 0 Å². The summed E-state index contributed by atoms with van der Waals surface area (Å²) < 4.78 is 5.00. The molecular formula is C27H23N3O7. The highest BCUT2D eigenvalue weighted by molar-refractivity contribution is 6.23. The predicted molar refractivity (Wildman–Crippen MR) is 133 cm³/mol. The summed E-state index contributed by atoms with van der Waals surface area (Å²) in [5.41, 5.74) is 1.78. The number of hydrogen-bond donors (Lipinski definition) is 0. The van der Waals surface area contributed by atoms with Crippen LogP contribution in [0.3, 0.4) is 0 Å². The highest BCUT2D eigenvalue weighted by Crippen LogP contribution is 2.29. The van der Waals surface area contributed by atoms with Crippen molar-refractivity contribution < 1.29 is 28.8 Å². The molecule has 1 atom stereocenters. The smallest absolute Gasteiger partial charge is 0.308 e. The number of nitrogens with zero attached hydrogens (tertiary/aromatic N) is 3. The molecule has 0 aromatic heterocycles. The maximum atomic E-state index is 13.6. The Labute approximate surface area is 212 Å². The Kier molecular flexibility index (Phi) is 7.10. The molecule has 188 valence electrons. The number of carbonyl (C=O) groups is 4. The van der Waals surface area contributed by atoms with E-state index in [0.717, 1.165) is 22.1 Å². The second-order valence-electron chi connectivity index (χ2n) is 8.60. The lowest BCUT2D eigenvalue weighted by molar-refractivity contribution is -0.384. The number of benzene rings is 3. The number of esters is 1. The third-order valence-corrected chi connectivity index (χ3v) is 5.89. The van der Waals surface area contributed by atoms with Crippen LogP contribution in [-0.2, 0) is 20.9 Å². The molecule has 0 radical (unpaired) electrons. The van der Waals surface area contributed by atoms with Gasteiger partial charge in [0.25, 0.3) is 17.5 Å². The molecule has 3 amide bonds. The van der Waals surface area contributed by atoms with Crippen molar-refractivity contribution in [2.24, 2.45) is 0 Å². The molecule has 1 aliphatic rings. The lowest BCUT2D eigenvalue weighted by Crippen LogP contribution is -2.45. The minimum Gasteiger partial charge on any atom is -0.427 e. The fourth-order valence-corrected chi connectivity index (χ4v) is 4.09. The monoisotopic (exact) mass is 501 g/mol. The zero-order valence-electron chi connectivity index (χ0n) is 20.1. The molecule has 1 unspecified atom stereocenters. The van der Waals surface area contributed by atoms with Crippen LogP contribution in [0.25, 0.3) is 0 Å².